The van der Waals surface area contributed by atoms with Gasteiger partial charge in [0, 0.05) is 0 Å². The van der Waals surface area contributed by atoms with Gasteiger partial charge in [0.15, 0.2) is 12.6 Å². The smallest absolute Gasteiger partial charge is 0.187 e. The lowest BCUT2D eigenvalue weighted by Gasteiger charge is -2.46. The number of hydrogen-bond donors (Lipinski definition) is 12. The van der Waals surface area contributed by atoms with Gasteiger partial charge in [-0.1, -0.05) is 0 Å². The molecule has 3 aliphatic rings. The van der Waals surface area contributed by atoms with E-state index in [-0.39, 0.29) is 0 Å². The number of aliphatic hydroxyl groups is 12. The topological polar surface area (TPSA) is 280 Å². The van der Waals surface area contributed by atoms with E-state index in [2.05, 4.69) is 0 Å². The lowest BCUT2D eigenvalue weighted by atomic mass is 9.84. The van der Waals surface area contributed by atoms with Crippen molar-refractivity contribution in [3.05, 3.63) is 0 Å². The summed E-state index contributed by atoms with van der Waals surface area (Å²) in [5.74, 6) is 0. The summed E-state index contributed by atoms with van der Waals surface area (Å²) in [6.07, 6.45) is -28.3. The van der Waals surface area contributed by atoms with Crippen LogP contribution in [0.3, 0.4) is 0 Å². The molecule has 3 rings (SSSR count). The van der Waals surface area contributed by atoms with Crippen molar-refractivity contribution in [1.29, 1.82) is 0 Å². The molecule has 0 spiro atoms. The fraction of sp³-hybridized carbons (Fsp3) is 1.00. The molecule has 16 nitrogen and oxygen atoms in total. The molecule has 0 aromatic heterocycles. The maximum atomic E-state index is 10.2. The Bertz CT molecular complexity index is 637. The Morgan fingerprint density at radius 1 is 0.471 bits per heavy atom. The molecule has 0 bridgehead atoms. The van der Waals surface area contributed by atoms with Crippen molar-refractivity contribution in [3.63, 3.8) is 0 Å². The third-order valence-corrected chi connectivity index (χ3v) is 6.31. The van der Waals surface area contributed by atoms with Crippen LogP contribution in [0.25, 0.3) is 0 Å². The predicted molar refractivity (Wildman–Crippen MR) is 101 cm³/mol. The van der Waals surface area contributed by atoms with E-state index in [0.29, 0.717) is 0 Å². The van der Waals surface area contributed by atoms with Crippen molar-refractivity contribution in [2.45, 2.75) is 98.0 Å². The molecule has 0 amide bonds. The number of hydrogen-bond acceptors (Lipinski definition) is 16. The van der Waals surface area contributed by atoms with Crippen LogP contribution in [0.15, 0.2) is 0 Å². The van der Waals surface area contributed by atoms with Crippen LogP contribution in [0.5, 0.6) is 0 Å². The quantitative estimate of drug-likeness (QED) is 0.160. The first-order valence-corrected chi connectivity index (χ1v) is 10.6. The molecule has 1 aliphatic carbocycles. The molecule has 9 unspecified atom stereocenters. The summed E-state index contributed by atoms with van der Waals surface area (Å²) in [7, 11) is 0. The maximum Gasteiger partial charge on any atom is 0.187 e. The van der Waals surface area contributed by atoms with E-state index < -0.39 is 111 Å². The largest absolute Gasteiger partial charge is 0.394 e. The standard InChI is InChI=1S/C18H32O16/c19-1-3-5(20)7(22)14(29)17(32-3)31-2-4-6(21)8(23)15(30)18(33-4)34-16-12(27)10(25)9(24)11(26)13(16)28/h3-30H,1-2H2/t3?,4?,5-,6-,7+,8+,9?,10?,11?,12-,13?,14?,15?,16?,17+,18-/m0/s1. The molecule has 1 saturated carbocycles. The minimum atomic E-state index is -1.93. The molecule has 2 saturated heterocycles. The summed E-state index contributed by atoms with van der Waals surface area (Å²) in [4.78, 5) is 0. The summed E-state index contributed by atoms with van der Waals surface area (Å²) < 4.78 is 21.0. The molecule has 34 heavy (non-hydrogen) atoms. The van der Waals surface area contributed by atoms with Gasteiger partial charge in [-0.15, -0.1) is 0 Å². The summed E-state index contributed by atoms with van der Waals surface area (Å²) in [5, 5.41) is 119. The SMILES string of the molecule is OCC1O[C@@H](OCC2O[C@@H](OC3C(O)C(O)C(O)C(O)[C@@H]3O)C(O)[C@H](O)[C@H]2O)C(O)[C@H](O)[C@H]1O. The first-order valence-electron chi connectivity index (χ1n) is 10.6. The van der Waals surface area contributed by atoms with E-state index in [1.807, 2.05) is 0 Å². The van der Waals surface area contributed by atoms with Gasteiger partial charge in [0.05, 0.1) is 13.2 Å². The highest BCUT2D eigenvalue weighted by atomic mass is 16.7. The Kier molecular flexibility index (Phi) is 9.18. The molecule has 12 N–H and O–H groups in total. The van der Waals surface area contributed by atoms with Crippen LogP contribution < -0.4 is 0 Å². The van der Waals surface area contributed by atoms with Crippen LogP contribution in [0.2, 0.25) is 0 Å². The fourth-order valence-electron chi connectivity index (χ4n) is 4.07. The van der Waals surface area contributed by atoms with Crippen LogP contribution in [0, 0.1) is 0 Å². The summed E-state index contributed by atoms with van der Waals surface area (Å²) >= 11 is 0. The van der Waals surface area contributed by atoms with Crippen molar-refractivity contribution < 1.29 is 80.2 Å². The van der Waals surface area contributed by atoms with Crippen molar-refractivity contribution in [3.8, 4) is 0 Å². The summed E-state index contributed by atoms with van der Waals surface area (Å²) in [6, 6.07) is 0. The molecule has 0 radical (unpaired) electrons. The summed E-state index contributed by atoms with van der Waals surface area (Å²) in [5.41, 5.74) is 0. The van der Waals surface area contributed by atoms with Gasteiger partial charge in [-0.3, -0.25) is 0 Å². The Hall–Kier alpha value is -0.640. The van der Waals surface area contributed by atoms with Gasteiger partial charge >= 0.3 is 0 Å². The second kappa shape index (κ2) is 11.2. The Labute approximate surface area is 192 Å². The third-order valence-electron chi connectivity index (χ3n) is 6.31. The van der Waals surface area contributed by atoms with Crippen molar-refractivity contribution in [1.82, 2.24) is 0 Å². The average molecular weight is 504 g/mol. The molecular formula is C18H32O16. The van der Waals surface area contributed by atoms with Crippen LogP contribution in [0.1, 0.15) is 0 Å². The van der Waals surface area contributed by atoms with E-state index in [9.17, 15) is 61.3 Å². The molecule has 16 heteroatoms. The molecule has 2 heterocycles. The van der Waals surface area contributed by atoms with Gasteiger partial charge in [0.25, 0.3) is 0 Å². The predicted octanol–water partition coefficient (Wildman–Crippen LogP) is -8.19. The second-order valence-electron chi connectivity index (χ2n) is 8.60. The van der Waals surface area contributed by atoms with Crippen molar-refractivity contribution in [2.24, 2.45) is 0 Å². The van der Waals surface area contributed by atoms with Gasteiger partial charge in [-0.05, 0) is 0 Å². The van der Waals surface area contributed by atoms with Gasteiger partial charge in [0.1, 0.15) is 85.5 Å². The van der Waals surface area contributed by atoms with Crippen LogP contribution in [-0.4, -0.2) is 173 Å². The number of ether oxygens (including phenoxy) is 4. The zero-order valence-corrected chi connectivity index (χ0v) is 17.7. The minimum absolute atomic E-state index is 0.646. The average Bonchev–Trinajstić information content (AvgIpc) is 2.82. The van der Waals surface area contributed by atoms with Crippen LogP contribution >= 0.6 is 0 Å². The van der Waals surface area contributed by atoms with Gasteiger partial charge in [-0.25, -0.2) is 0 Å². The lowest BCUT2D eigenvalue weighted by molar-refractivity contribution is -0.351. The highest BCUT2D eigenvalue weighted by Gasteiger charge is 2.53. The number of rotatable bonds is 6. The molecular weight excluding hydrogens is 472 g/mol. The number of aliphatic hydroxyl groups excluding tert-OH is 12. The molecule has 200 valence electrons. The zero-order valence-electron chi connectivity index (χ0n) is 17.7. The van der Waals surface area contributed by atoms with E-state index in [1.165, 1.54) is 0 Å². The Morgan fingerprint density at radius 3 is 1.41 bits per heavy atom. The van der Waals surface area contributed by atoms with Crippen LogP contribution in [-0.2, 0) is 18.9 Å². The zero-order chi connectivity index (χ0) is 25.5. The maximum absolute atomic E-state index is 10.2. The first-order chi connectivity index (χ1) is 15.9. The lowest BCUT2D eigenvalue weighted by Crippen LogP contribution is -2.67. The Morgan fingerprint density at radius 2 is 0.882 bits per heavy atom. The highest BCUT2D eigenvalue weighted by molar-refractivity contribution is 5.00. The third kappa shape index (κ3) is 5.23. The molecule has 0 aromatic carbocycles. The van der Waals surface area contributed by atoms with E-state index in [1.54, 1.807) is 0 Å². The molecule has 3 fully saturated rings. The second-order valence-corrected chi connectivity index (χ2v) is 8.60. The molecule has 0 aromatic rings. The highest BCUT2D eigenvalue weighted by Crippen LogP contribution is 2.30. The monoisotopic (exact) mass is 504 g/mol. The Balaban J connectivity index is 1.67. The minimum Gasteiger partial charge on any atom is -0.394 e. The van der Waals surface area contributed by atoms with E-state index in [4.69, 9.17) is 18.9 Å². The van der Waals surface area contributed by atoms with Gasteiger partial charge in [-0.2, -0.15) is 0 Å². The van der Waals surface area contributed by atoms with Gasteiger partial charge < -0.3 is 80.2 Å². The molecule has 16 atom stereocenters. The fourth-order valence-corrected chi connectivity index (χ4v) is 4.07. The van der Waals surface area contributed by atoms with Crippen molar-refractivity contribution in [2.75, 3.05) is 13.2 Å². The van der Waals surface area contributed by atoms with Crippen LogP contribution in [0.4, 0.5) is 0 Å². The normalized spacial score (nSPS) is 54.7. The summed E-state index contributed by atoms with van der Waals surface area (Å²) in [6.45, 7) is -1.36. The van der Waals surface area contributed by atoms with E-state index >= 15 is 0 Å². The molecule has 2 aliphatic heterocycles. The van der Waals surface area contributed by atoms with Crippen molar-refractivity contribution >= 4 is 0 Å². The first kappa shape index (κ1) is 27.9. The van der Waals surface area contributed by atoms with E-state index in [0.717, 1.165) is 0 Å². The van der Waals surface area contributed by atoms with Gasteiger partial charge in [0.2, 0.25) is 0 Å².